The maximum absolute atomic E-state index is 5.90. The van der Waals surface area contributed by atoms with Crippen molar-refractivity contribution in [3.05, 3.63) is 52.2 Å². The van der Waals surface area contributed by atoms with Crippen LogP contribution in [0.2, 0.25) is 5.02 Å². The molecule has 18 heavy (non-hydrogen) atoms. The molecule has 0 radical (unpaired) electrons. The molecule has 0 aliphatic carbocycles. The highest BCUT2D eigenvalue weighted by Gasteiger charge is 2.05. The van der Waals surface area contributed by atoms with Crippen molar-refractivity contribution < 1.29 is 4.74 Å². The fourth-order valence-electron chi connectivity index (χ4n) is 1.68. The summed E-state index contributed by atoms with van der Waals surface area (Å²) in [5.41, 5.74) is 8.49. The van der Waals surface area contributed by atoms with Gasteiger partial charge >= 0.3 is 0 Å². The number of aromatic nitrogens is 1. The molecule has 0 amide bonds. The van der Waals surface area contributed by atoms with Crippen molar-refractivity contribution in [3.8, 4) is 11.6 Å². The zero-order valence-electron chi connectivity index (χ0n) is 10.4. The van der Waals surface area contributed by atoms with E-state index in [9.17, 15) is 0 Å². The van der Waals surface area contributed by atoms with Gasteiger partial charge < -0.3 is 10.5 Å². The Balaban J connectivity index is 2.26. The van der Waals surface area contributed by atoms with Crippen LogP contribution in [0.25, 0.3) is 0 Å². The lowest BCUT2D eigenvalue weighted by Crippen LogP contribution is -2.01. The number of benzene rings is 1. The maximum atomic E-state index is 5.90. The lowest BCUT2D eigenvalue weighted by Gasteiger charge is -2.10. The molecule has 2 N–H and O–H groups in total. The first kappa shape index (κ1) is 12.9. The van der Waals surface area contributed by atoms with Crippen LogP contribution in [0.15, 0.2) is 30.3 Å². The van der Waals surface area contributed by atoms with E-state index in [4.69, 9.17) is 22.1 Å². The van der Waals surface area contributed by atoms with Crippen molar-refractivity contribution in [1.29, 1.82) is 0 Å². The van der Waals surface area contributed by atoms with E-state index < -0.39 is 0 Å². The topological polar surface area (TPSA) is 48.1 Å². The Morgan fingerprint density at radius 1 is 1.22 bits per heavy atom. The van der Waals surface area contributed by atoms with Gasteiger partial charge in [0.25, 0.3) is 0 Å². The minimum Gasteiger partial charge on any atom is -0.439 e. The molecule has 1 aromatic carbocycles. The molecular formula is C14H15ClN2O. The summed E-state index contributed by atoms with van der Waals surface area (Å²) >= 11 is 5.90. The molecule has 2 aromatic rings. The van der Waals surface area contributed by atoms with E-state index in [2.05, 4.69) is 4.98 Å². The molecule has 0 saturated heterocycles. The highest BCUT2D eigenvalue weighted by atomic mass is 35.5. The zero-order chi connectivity index (χ0) is 13.1. The second-order valence-corrected chi connectivity index (χ2v) is 4.55. The Hall–Kier alpha value is -1.58. The van der Waals surface area contributed by atoms with Crippen molar-refractivity contribution in [2.45, 2.75) is 20.4 Å². The molecule has 0 spiro atoms. The number of nitrogens with two attached hydrogens (primary N) is 1. The van der Waals surface area contributed by atoms with Gasteiger partial charge in [0, 0.05) is 23.3 Å². The molecule has 3 nitrogen and oxygen atoms in total. The van der Waals surface area contributed by atoms with Crippen molar-refractivity contribution in [2.24, 2.45) is 5.73 Å². The molecule has 1 heterocycles. The number of nitrogens with zero attached hydrogens (tertiary/aromatic N) is 1. The van der Waals surface area contributed by atoms with E-state index >= 15 is 0 Å². The minimum atomic E-state index is 0.485. The van der Waals surface area contributed by atoms with Gasteiger partial charge in [0.1, 0.15) is 5.75 Å². The quantitative estimate of drug-likeness (QED) is 0.919. The third-order valence-corrected chi connectivity index (χ3v) is 2.98. The Morgan fingerprint density at radius 3 is 2.61 bits per heavy atom. The van der Waals surface area contributed by atoms with Crippen LogP contribution in [0, 0.1) is 13.8 Å². The van der Waals surface area contributed by atoms with Gasteiger partial charge in [-0.25, -0.2) is 4.98 Å². The van der Waals surface area contributed by atoms with E-state index in [1.165, 1.54) is 0 Å². The van der Waals surface area contributed by atoms with E-state index in [0.29, 0.717) is 17.4 Å². The van der Waals surface area contributed by atoms with E-state index in [1.807, 2.05) is 38.1 Å². The van der Waals surface area contributed by atoms with Crippen LogP contribution in [0.4, 0.5) is 0 Å². The zero-order valence-corrected chi connectivity index (χ0v) is 11.2. The Bertz CT molecular complexity index is 570. The number of hydrogen-bond acceptors (Lipinski definition) is 3. The van der Waals surface area contributed by atoms with Gasteiger partial charge in [-0.3, -0.25) is 0 Å². The van der Waals surface area contributed by atoms with Crippen LogP contribution in [0.1, 0.15) is 16.8 Å². The van der Waals surface area contributed by atoms with Gasteiger partial charge in [-0.05, 0) is 43.2 Å². The number of halogens is 1. The summed E-state index contributed by atoms with van der Waals surface area (Å²) in [5, 5.41) is 0.697. The first-order chi connectivity index (χ1) is 8.60. The molecule has 0 aliphatic heterocycles. The summed E-state index contributed by atoms with van der Waals surface area (Å²) in [5.74, 6) is 1.32. The molecule has 0 aliphatic rings. The van der Waals surface area contributed by atoms with Crippen LogP contribution in [-0.2, 0) is 6.54 Å². The molecule has 4 heteroatoms. The van der Waals surface area contributed by atoms with Crippen LogP contribution in [0.3, 0.4) is 0 Å². The Labute approximate surface area is 112 Å². The first-order valence-electron chi connectivity index (χ1n) is 5.70. The SMILES string of the molecule is Cc1cc(Cl)ccc1Oc1ccc(CN)c(C)n1. The summed E-state index contributed by atoms with van der Waals surface area (Å²) < 4.78 is 5.73. The minimum absolute atomic E-state index is 0.485. The Kier molecular flexibility index (Phi) is 3.84. The highest BCUT2D eigenvalue weighted by Crippen LogP contribution is 2.26. The van der Waals surface area contributed by atoms with E-state index in [0.717, 1.165) is 22.6 Å². The normalized spacial score (nSPS) is 10.4. The van der Waals surface area contributed by atoms with Gasteiger partial charge in [-0.2, -0.15) is 0 Å². The van der Waals surface area contributed by atoms with Crippen LogP contribution < -0.4 is 10.5 Å². The monoisotopic (exact) mass is 262 g/mol. The summed E-state index contributed by atoms with van der Waals surface area (Å²) in [6.07, 6.45) is 0. The number of pyridine rings is 1. The molecular weight excluding hydrogens is 248 g/mol. The lowest BCUT2D eigenvalue weighted by molar-refractivity contribution is 0.457. The van der Waals surface area contributed by atoms with E-state index in [-0.39, 0.29) is 0 Å². The van der Waals surface area contributed by atoms with Crippen molar-refractivity contribution >= 4 is 11.6 Å². The number of hydrogen-bond donors (Lipinski definition) is 1. The first-order valence-corrected chi connectivity index (χ1v) is 6.08. The van der Waals surface area contributed by atoms with Gasteiger partial charge in [-0.1, -0.05) is 17.7 Å². The fraction of sp³-hybridized carbons (Fsp3) is 0.214. The molecule has 0 atom stereocenters. The molecule has 0 saturated carbocycles. The van der Waals surface area contributed by atoms with Crippen LogP contribution in [-0.4, -0.2) is 4.98 Å². The summed E-state index contributed by atoms with van der Waals surface area (Å²) in [6.45, 7) is 4.35. The molecule has 2 rings (SSSR count). The van der Waals surface area contributed by atoms with Gasteiger partial charge in [-0.15, -0.1) is 0 Å². The standard InChI is InChI=1S/C14H15ClN2O/c1-9-7-12(15)4-5-13(9)18-14-6-3-11(8-16)10(2)17-14/h3-7H,8,16H2,1-2H3. The predicted molar refractivity (Wildman–Crippen MR) is 73.1 cm³/mol. The summed E-state index contributed by atoms with van der Waals surface area (Å²) in [6, 6.07) is 9.25. The van der Waals surface area contributed by atoms with Gasteiger partial charge in [0.2, 0.25) is 5.88 Å². The van der Waals surface area contributed by atoms with E-state index in [1.54, 1.807) is 6.07 Å². The van der Waals surface area contributed by atoms with Gasteiger partial charge in [0.15, 0.2) is 0 Å². The average Bonchev–Trinajstić information content (AvgIpc) is 2.33. The highest BCUT2D eigenvalue weighted by molar-refractivity contribution is 6.30. The predicted octanol–water partition coefficient (Wildman–Crippen LogP) is 3.60. The fourth-order valence-corrected chi connectivity index (χ4v) is 1.91. The average molecular weight is 263 g/mol. The number of aryl methyl sites for hydroxylation is 2. The number of ether oxygens (including phenoxy) is 1. The molecule has 0 unspecified atom stereocenters. The molecule has 0 fully saturated rings. The summed E-state index contributed by atoms with van der Waals surface area (Å²) in [7, 11) is 0. The molecule has 1 aromatic heterocycles. The summed E-state index contributed by atoms with van der Waals surface area (Å²) in [4.78, 5) is 4.37. The molecule has 94 valence electrons. The maximum Gasteiger partial charge on any atom is 0.219 e. The molecule has 0 bridgehead atoms. The van der Waals surface area contributed by atoms with Crippen molar-refractivity contribution in [3.63, 3.8) is 0 Å². The third-order valence-electron chi connectivity index (χ3n) is 2.74. The van der Waals surface area contributed by atoms with Crippen molar-refractivity contribution in [1.82, 2.24) is 4.98 Å². The smallest absolute Gasteiger partial charge is 0.219 e. The van der Waals surface area contributed by atoms with Crippen LogP contribution >= 0.6 is 11.6 Å². The largest absolute Gasteiger partial charge is 0.439 e. The van der Waals surface area contributed by atoms with Crippen LogP contribution in [0.5, 0.6) is 11.6 Å². The second-order valence-electron chi connectivity index (χ2n) is 4.11. The Morgan fingerprint density at radius 2 is 2.00 bits per heavy atom. The second kappa shape index (κ2) is 5.38. The van der Waals surface area contributed by atoms with Gasteiger partial charge in [0.05, 0.1) is 0 Å². The van der Waals surface area contributed by atoms with Crippen molar-refractivity contribution in [2.75, 3.05) is 0 Å². The third kappa shape index (κ3) is 2.81. The number of rotatable bonds is 3. The lowest BCUT2D eigenvalue weighted by atomic mass is 10.2.